The number of rotatable bonds is 2. The molecule has 0 aromatic carbocycles. The molecule has 20 heavy (non-hydrogen) atoms. The number of hydrogen-bond acceptors (Lipinski definition) is 3. The van der Waals surface area contributed by atoms with Crippen molar-refractivity contribution in [3.05, 3.63) is 0 Å². The van der Waals surface area contributed by atoms with Gasteiger partial charge in [-0.05, 0) is 37.0 Å². The Hall–Kier alpha value is 0.270. The van der Waals surface area contributed by atoms with Crippen molar-refractivity contribution < 1.29 is 0 Å². The second-order valence-electron chi connectivity index (χ2n) is 8.63. The molecule has 2 unspecified atom stereocenters. The van der Waals surface area contributed by atoms with Crippen molar-refractivity contribution in [1.29, 1.82) is 0 Å². The Balaban J connectivity index is 2.17. The molecule has 118 valence electrons. The van der Waals surface area contributed by atoms with Gasteiger partial charge in [0.2, 0.25) is 0 Å². The van der Waals surface area contributed by atoms with Gasteiger partial charge in [0.25, 0.3) is 0 Å². The molecule has 1 aliphatic carbocycles. The maximum atomic E-state index is 6.32. The van der Waals surface area contributed by atoms with Gasteiger partial charge in [-0.1, -0.05) is 34.6 Å². The summed E-state index contributed by atoms with van der Waals surface area (Å²) in [6.07, 6.45) is 5.20. The Bertz CT molecular complexity index is 340. The molecule has 2 fully saturated rings. The molecule has 0 bridgehead atoms. The van der Waals surface area contributed by atoms with Gasteiger partial charge in [-0.25, -0.2) is 0 Å². The lowest BCUT2D eigenvalue weighted by molar-refractivity contribution is -0.00871. The van der Waals surface area contributed by atoms with Crippen LogP contribution in [0.25, 0.3) is 0 Å². The minimum Gasteiger partial charge on any atom is -0.329 e. The first-order valence-corrected chi connectivity index (χ1v) is 9.26. The van der Waals surface area contributed by atoms with Gasteiger partial charge in [-0.15, -0.1) is 0 Å². The van der Waals surface area contributed by atoms with E-state index in [2.05, 4.69) is 51.3 Å². The third-order valence-electron chi connectivity index (χ3n) is 5.33. The Labute approximate surface area is 130 Å². The van der Waals surface area contributed by atoms with Gasteiger partial charge in [-0.2, -0.15) is 11.8 Å². The maximum Gasteiger partial charge on any atom is 0.0339 e. The van der Waals surface area contributed by atoms with Gasteiger partial charge in [0.1, 0.15) is 0 Å². The van der Waals surface area contributed by atoms with Crippen molar-refractivity contribution in [3.63, 3.8) is 0 Å². The van der Waals surface area contributed by atoms with Crippen molar-refractivity contribution in [2.24, 2.45) is 17.1 Å². The predicted octanol–water partition coefficient (Wildman–Crippen LogP) is 3.75. The Kier molecular flexibility index (Phi) is 4.83. The van der Waals surface area contributed by atoms with Crippen LogP contribution in [0.4, 0.5) is 0 Å². The highest BCUT2D eigenvalue weighted by Crippen LogP contribution is 2.47. The number of nitrogens with zero attached hydrogens (tertiary/aromatic N) is 1. The molecular formula is C17H34N2S. The van der Waals surface area contributed by atoms with Crippen LogP contribution >= 0.6 is 11.8 Å². The van der Waals surface area contributed by atoms with Gasteiger partial charge >= 0.3 is 0 Å². The lowest BCUT2D eigenvalue weighted by atomic mass is 9.63. The fourth-order valence-corrected chi connectivity index (χ4v) is 5.82. The molecule has 0 aromatic rings. The van der Waals surface area contributed by atoms with E-state index >= 15 is 0 Å². The third-order valence-corrected chi connectivity index (χ3v) is 6.70. The zero-order valence-corrected chi connectivity index (χ0v) is 15.0. The molecule has 1 saturated carbocycles. The largest absolute Gasteiger partial charge is 0.329 e. The van der Waals surface area contributed by atoms with Gasteiger partial charge in [0.05, 0.1) is 0 Å². The lowest BCUT2D eigenvalue weighted by Gasteiger charge is -2.53. The summed E-state index contributed by atoms with van der Waals surface area (Å²) in [5.41, 5.74) is 7.01. The fourth-order valence-electron chi connectivity index (χ4n) is 4.72. The molecule has 2 N–H and O–H groups in total. The number of nitrogens with two attached hydrogens (primary N) is 1. The monoisotopic (exact) mass is 298 g/mol. The Morgan fingerprint density at radius 2 is 1.85 bits per heavy atom. The van der Waals surface area contributed by atoms with Gasteiger partial charge < -0.3 is 5.73 Å². The molecule has 1 heterocycles. The lowest BCUT2D eigenvalue weighted by Crippen LogP contribution is -2.59. The maximum absolute atomic E-state index is 6.32. The summed E-state index contributed by atoms with van der Waals surface area (Å²) in [6.45, 7) is 15.3. The van der Waals surface area contributed by atoms with Crippen LogP contribution in [0, 0.1) is 11.3 Å². The van der Waals surface area contributed by atoms with Crippen molar-refractivity contribution in [1.82, 2.24) is 4.90 Å². The normalized spacial score (nSPS) is 38.4. The molecule has 2 aliphatic rings. The fraction of sp³-hybridized carbons (Fsp3) is 1.00. The standard InChI is InChI=1S/C17H34N2S/c1-14-10-15(2,3)12-17(11-14,13-18)19-7-6-16(4,5)20-9-8-19/h14H,6-13,18H2,1-5H3. The van der Waals surface area contributed by atoms with Crippen LogP contribution in [0.2, 0.25) is 0 Å². The van der Waals surface area contributed by atoms with Crippen LogP contribution in [0.15, 0.2) is 0 Å². The molecule has 2 nitrogen and oxygen atoms in total. The SMILES string of the molecule is CC1CC(C)(C)CC(CN)(N2CCSC(C)(C)CC2)C1. The van der Waals surface area contributed by atoms with Crippen LogP contribution in [0.1, 0.15) is 60.3 Å². The molecular weight excluding hydrogens is 264 g/mol. The average molecular weight is 299 g/mol. The van der Waals surface area contributed by atoms with Crippen molar-refractivity contribution >= 4 is 11.8 Å². The van der Waals surface area contributed by atoms with E-state index in [4.69, 9.17) is 5.73 Å². The molecule has 3 heteroatoms. The van der Waals surface area contributed by atoms with E-state index in [0.29, 0.717) is 10.2 Å². The summed E-state index contributed by atoms with van der Waals surface area (Å²) < 4.78 is 0.431. The van der Waals surface area contributed by atoms with E-state index in [-0.39, 0.29) is 5.54 Å². The zero-order valence-electron chi connectivity index (χ0n) is 14.2. The molecule has 0 amide bonds. The minimum absolute atomic E-state index is 0.252. The van der Waals surface area contributed by atoms with Gasteiger partial charge in [0, 0.05) is 35.7 Å². The molecule has 2 atom stereocenters. The van der Waals surface area contributed by atoms with Crippen molar-refractivity contribution in [2.45, 2.75) is 70.6 Å². The highest BCUT2D eigenvalue weighted by molar-refractivity contribution is 8.00. The second-order valence-corrected chi connectivity index (χ2v) is 10.4. The molecule has 0 aromatic heterocycles. The second kappa shape index (κ2) is 5.81. The Morgan fingerprint density at radius 1 is 1.15 bits per heavy atom. The topological polar surface area (TPSA) is 29.3 Å². The third kappa shape index (κ3) is 3.72. The van der Waals surface area contributed by atoms with E-state index in [9.17, 15) is 0 Å². The molecule has 0 spiro atoms. The summed E-state index contributed by atoms with van der Waals surface area (Å²) in [7, 11) is 0. The summed E-state index contributed by atoms with van der Waals surface area (Å²) in [5.74, 6) is 2.05. The number of thioether (sulfide) groups is 1. The van der Waals surface area contributed by atoms with Crippen molar-refractivity contribution in [3.8, 4) is 0 Å². The summed E-state index contributed by atoms with van der Waals surface area (Å²) >= 11 is 2.14. The van der Waals surface area contributed by atoms with Crippen LogP contribution in [0.3, 0.4) is 0 Å². The first-order chi connectivity index (χ1) is 9.18. The van der Waals surface area contributed by atoms with E-state index in [0.717, 1.165) is 12.5 Å². The van der Waals surface area contributed by atoms with Crippen LogP contribution in [-0.2, 0) is 0 Å². The number of hydrogen-bond donors (Lipinski definition) is 1. The highest BCUT2D eigenvalue weighted by atomic mass is 32.2. The molecule has 1 aliphatic heterocycles. The first kappa shape index (κ1) is 16.6. The van der Waals surface area contributed by atoms with Crippen molar-refractivity contribution in [2.75, 3.05) is 25.4 Å². The van der Waals surface area contributed by atoms with E-state index in [1.807, 2.05) is 0 Å². The predicted molar refractivity (Wildman–Crippen MR) is 91.3 cm³/mol. The van der Waals surface area contributed by atoms with Crippen LogP contribution < -0.4 is 5.73 Å². The Morgan fingerprint density at radius 3 is 2.45 bits per heavy atom. The summed E-state index contributed by atoms with van der Waals surface area (Å²) in [5, 5.41) is 0. The smallest absolute Gasteiger partial charge is 0.0339 e. The average Bonchev–Trinajstić information content (AvgIpc) is 2.47. The van der Waals surface area contributed by atoms with Gasteiger partial charge in [-0.3, -0.25) is 4.90 Å². The highest BCUT2D eigenvalue weighted by Gasteiger charge is 2.46. The van der Waals surface area contributed by atoms with Gasteiger partial charge in [0.15, 0.2) is 0 Å². The molecule has 2 rings (SSSR count). The zero-order chi connectivity index (χ0) is 15.0. The van der Waals surface area contributed by atoms with E-state index in [1.54, 1.807) is 0 Å². The van der Waals surface area contributed by atoms with E-state index in [1.165, 1.54) is 44.5 Å². The molecule has 0 radical (unpaired) electrons. The quantitative estimate of drug-likeness (QED) is 0.842. The summed E-state index contributed by atoms with van der Waals surface area (Å²) in [6, 6.07) is 0. The summed E-state index contributed by atoms with van der Waals surface area (Å²) in [4.78, 5) is 2.76. The van der Waals surface area contributed by atoms with Crippen LogP contribution in [-0.4, -0.2) is 40.6 Å². The first-order valence-electron chi connectivity index (χ1n) is 8.27. The molecule has 1 saturated heterocycles. The van der Waals surface area contributed by atoms with Crippen LogP contribution in [0.5, 0.6) is 0 Å². The minimum atomic E-state index is 0.252. The van der Waals surface area contributed by atoms with E-state index < -0.39 is 0 Å².